The van der Waals surface area contributed by atoms with Gasteiger partial charge in [-0.25, -0.2) is 9.97 Å². The topological polar surface area (TPSA) is 55.7 Å². The lowest BCUT2D eigenvalue weighted by Gasteiger charge is -2.20. The molecule has 0 amide bonds. The predicted molar refractivity (Wildman–Crippen MR) is 112 cm³/mol. The van der Waals surface area contributed by atoms with Crippen LogP contribution in [-0.4, -0.2) is 32.7 Å². The molecule has 1 fully saturated rings. The van der Waals surface area contributed by atoms with Crippen molar-refractivity contribution < 1.29 is 4.74 Å². The van der Waals surface area contributed by atoms with E-state index in [9.17, 15) is 0 Å². The Morgan fingerprint density at radius 3 is 2.79 bits per heavy atom. The number of aromatic nitrogens is 4. The highest BCUT2D eigenvalue weighted by Crippen LogP contribution is 2.30. The zero-order chi connectivity index (χ0) is 19.3. The van der Waals surface area contributed by atoms with Gasteiger partial charge in [0.15, 0.2) is 5.65 Å². The van der Waals surface area contributed by atoms with Crippen molar-refractivity contribution in [1.82, 2.24) is 19.5 Å². The van der Waals surface area contributed by atoms with Crippen LogP contribution in [0.4, 0.5) is 0 Å². The number of pyridine rings is 1. The number of nitrogens with one attached hydrogen (secondary N) is 1. The molecule has 0 atom stereocenters. The summed E-state index contributed by atoms with van der Waals surface area (Å²) in [6, 6.07) is 10.8. The summed E-state index contributed by atoms with van der Waals surface area (Å²) in [7, 11) is 0. The Morgan fingerprint density at radius 2 is 1.96 bits per heavy atom. The third-order valence-electron chi connectivity index (χ3n) is 5.68. The molecular weight excluding hydrogens is 372 g/mol. The van der Waals surface area contributed by atoms with E-state index in [1.54, 1.807) is 0 Å². The Labute approximate surface area is 168 Å². The molecule has 0 bridgehead atoms. The molecular formula is C22H23ClN4O. The minimum atomic E-state index is 0.568. The number of rotatable bonds is 3. The average molecular weight is 395 g/mol. The van der Waals surface area contributed by atoms with Gasteiger partial charge in [0.05, 0.1) is 11.6 Å². The first-order valence-corrected chi connectivity index (χ1v) is 10.2. The van der Waals surface area contributed by atoms with Crippen LogP contribution >= 0.6 is 11.6 Å². The molecule has 1 saturated heterocycles. The first kappa shape index (κ1) is 17.7. The SMILES string of the molecule is Cc1cc(Cl)c2nc(C)n(Cc3ccc4[nH]c(C5CCOCC5)cc4c3)c2n1. The van der Waals surface area contributed by atoms with Crippen molar-refractivity contribution >= 4 is 33.7 Å². The van der Waals surface area contributed by atoms with E-state index in [2.05, 4.69) is 43.8 Å². The monoisotopic (exact) mass is 394 g/mol. The van der Waals surface area contributed by atoms with Crippen LogP contribution in [0, 0.1) is 13.8 Å². The molecule has 1 N–H and O–H groups in total. The number of H-pyrrole nitrogens is 1. The fourth-order valence-corrected chi connectivity index (χ4v) is 4.47. The molecule has 4 aromatic rings. The van der Waals surface area contributed by atoms with Gasteiger partial charge >= 0.3 is 0 Å². The van der Waals surface area contributed by atoms with Crippen LogP contribution in [0.2, 0.25) is 5.02 Å². The Kier molecular flexibility index (Phi) is 4.37. The second kappa shape index (κ2) is 6.90. The Morgan fingerprint density at radius 1 is 1.14 bits per heavy atom. The zero-order valence-electron chi connectivity index (χ0n) is 16.1. The zero-order valence-corrected chi connectivity index (χ0v) is 16.9. The van der Waals surface area contributed by atoms with Gasteiger partial charge in [-0.1, -0.05) is 17.7 Å². The van der Waals surface area contributed by atoms with Gasteiger partial charge in [-0.2, -0.15) is 0 Å². The van der Waals surface area contributed by atoms with Crippen molar-refractivity contribution in [3.8, 4) is 0 Å². The van der Waals surface area contributed by atoms with E-state index in [4.69, 9.17) is 16.3 Å². The maximum absolute atomic E-state index is 6.38. The lowest BCUT2D eigenvalue weighted by Crippen LogP contribution is -2.14. The third kappa shape index (κ3) is 3.09. The van der Waals surface area contributed by atoms with E-state index in [-0.39, 0.29) is 0 Å². The van der Waals surface area contributed by atoms with Gasteiger partial charge < -0.3 is 14.3 Å². The molecule has 5 rings (SSSR count). The molecule has 0 unspecified atom stereocenters. The van der Waals surface area contributed by atoms with Gasteiger partial charge in [-0.05, 0) is 61.9 Å². The van der Waals surface area contributed by atoms with Gasteiger partial charge in [0.2, 0.25) is 0 Å². The quantitative estimate of drug-likeness (QED) is 0.524. The molecule has 3 aromatic heterocycles. The van der Waals surface area contributed by atoms with Gasteiger partial charge in [0, 0.05) is 36.0 Å². The maximum Gasteiger partial charge on any atom is 0.162 e. The fourth-order valence-electron chi connectivity index (χ4n) is 4.18. The van der Waals surface area contributed by atoms with Crippen LogP contribution in [0.1, 0.15) is 41.5 Å². The first-order valence-electron chi connectivity index (χ1n) is 9.78. The van der Waals surface area contributed by atoms with Gasteiger partial charge in [0.1, 0.15) is 11.3 Å². The molecule has 0 saturated carbocycles. The molecule has 1 aromatic carbocycles. The van der Waals surface area contributed by atoms with Crippen LogP contribution in [0.25, 0.3) is 22.1 Å². The maximum atomic E-state index is 6.38. The van der Waals surface area contributed by atoms with E-state index < -0.39 is 0 Å². The number of imidazole rings is 1. The first-order chi connectivity index (χ1) is 13.6. The van der Waals surface area contributed by atoms with E-state index in [1.165, 1.54) is 22.2 Å². The van der Waals surface area contributed by atoms with Crippen LogP contribution in [-0.2, 0) is 11.3 Å². The molecule has 4 heterocycles. The van der Waals surface area contributed by atoms with Crippen molar-refractivity contribution in [2.24, 2.45) is 0 Å². The van der Waals surface area contributed by atoms with Crippen molar-refractivity contribution in [3.63, 3.8) is 0 Å². The predicted octanol–water partition coefficient (Wildman–Crippen LogP) is 5.13. The number of nitrogens with zero attached hydrogens (tertiary/aromatic N) is 3. The second-order valence-corrected chi connectivity index (χ2v) is 8.10. The summed E-state index contributed by atoms with van der Waals surface area (Å²) in [6.45, 7) is 6.40. The normalized spacial score (nSPS) is 15.7. The highest BCUT2D eigenvalue weighted by molar-refractivity contribution is 6.34. The summed E-state index contributed by atoms with van der Waals surface area (Å²) in [5.74, 6) is 1.49. The molecule has 144 valence electrons. The smallest absolute Gasteiger partial charge is 0.162 e. The molecule has 0 radical (unpaired) electrons. The molecule has 5 nitrogen and oxygen atoms in total. The van der Waals surface area contributed by atoms with Crippen LogP contribution in [0.3, 0.4) is 0 Å². The molecule has 0 aliphatic carbocycles. The largest absolute Gasteiger partial charge is 0.381 e. The molecule has 1 aliphatic rings. The highest BCUT2D eigenvalue weighted by Gasteiger charge is 2.18. The Hall–Kier alpha value is -2.37. The van der Waals surface area contributed by atoms with Crippen LogP contribution < -0.4 is 0 Å². The summed E-state index contributed by atoms with van der Waals surface area (Å²) in [5.41, 5.74) is 6.26. The third-order valence-corrected chi connectivity index (χ3v) is 5.97. The van der Waals surface area contributed by atoms with E-state index in [0.717, 1.165) is 55.3 Å². The lowest BCUT2D eigenvalue weighted by atomic mass is 9.96. The molecule has 0 spiro atoms. The number of fused-ring (bicyclic) bond motifs is 2. The Bertz CT molecular complexity index is 1170. The number of benzene rings is 1. The van der Waals surface area contributed by atoms with Crippen molar-refractivity contribution in [2.45, 2.75) is 39.2 Å². The van der Waals surface area contributed by atoms with Crippen molar-refractivity contribution in [1.29, 1.82) is 0 Å². The van der Waals surface area contributed by atoms with E-state index in [0.29, 0.717) is 10.9 Å². The Balaban J connectivity index is 1.50. The van der Waals surface area contributed by atoms with Crippen LogP contribution in [0.5, 0.6) is 0 Å². The standard InChI is InChI=1S/C22H23ClN4O/c1-13-9-18(23)21-22(24-13)27(14(2)25-21)12-15-3-4-19-17(10-15)11-20(26-19)16-5-7-28-8-6-16/h3-4,9-11,16,26H,5-8,12H2,1-2H3. The average Bonchev–Trinajstić information content (AvgIpc) is 3.24. The summed E-state index contributed by atoms with van der Waals surface area (Å²) < 4.78 is 7.64. The highest BCUT2D eigenvalue weighted by atomic mass is 35.5. The summed E-state index contributed by atoms with van der Waals surface area (Å²) in [4.78, 5) is 12.9. The molecule has 28 heavy (non-hydrogen) atoms. The number of hydrogen-bond donors (Lipinski definition) is 1. The summed E-state index contributed by atoms with van der Waals surface area (Å²) in [6.07, 6.45) is 2.18. The van der Waals surface area contributed by atoms with Gasteiger partial charge in [-0.3, -0.25) is 0 Å². The number of aryl methyl sites for hydroxylation is 2. The minimum Gasteiger partial charge on any atom is -0.381 e. The van der Waals surface area contributed by atoms with E-state index >= 15 is 0 Å². The molecule has 6 heteroatoms. The van der Waals surface area contributed by atoms with Gasteiger partial charge in [-0.15, -0.1) is 0 Å². The number of halogens is 1. The summed E-state index contributed by atoms with van der Waals surface area (Å²) >= 11 is 6.38. The lowest BCUT2D eigenvalue weighted by molar-refractivity contribution is 0.0846. The van der Waals surface area contributed by atoms with E-state index in [1.807, 2.05) is 19.9 Å². The van der Waals surface area contributed by atoms with Crippen LogP contribution in [0.15, 0.2) is 30.3 Å². The summed E-state index contributed by atoms with van der Waals surface area (Å²) in [5, 5.41) is 1.91. The number of ether oxygens (including phenoxy) is 1. The van der Waals surface area contributed by atoms with Crippen molar-refractivity contribution in [2.75, 3.05) is 13.2 Å². The fraction of sp³-hybridized carbons (Fsp3) is 0.364. The van der Waals surface area contributed by atoms with Crippen molar-refractivity contribution in [3.05, 3.63) is 58.1 Å². The number of aromatic amines is 1. The second-order valence-electron chi connectivity index (χ2n) is 7.70. The minimum absolute atomic E-state index is 0.568. The number of hydrogen-bond acceptors (Lipinski definition) is 3. The molecule has 1 aliphatic heterocycles. The van der Waals surface area contributed by atoms with Gasteiger partial charge in [0.25, 0.3) is 0 Å².